The lowest BCUT2D eigenvalue weighted by Gasteiger charge is -2.36. The predicted molar refractivity (Wildman–Crippen MR) is 117 cm³/mol. The number of aromatic nitrogens is 1. The van der Waals surface area contributed by atoms with Gasteiger partial charge in [0.1, 0.15) is 5.82 Å². The molecular weight excluding hydrogens is 358 g/mol. The van der Waals surface area contributed by atoms with Crippen LogP contribution in [0.4, 0.5) is 5.82 Å². The maximum absolute atomic E-state index is 5.80. The molecule has 0 saturated carbocycles. The van der Waals surface area contributed by atoms with Crippen LogP contribution in [0.15, 0.2) is 23.3 Å². The summed E-state index contributed by atoms with van der Waals surface area (Å²) in [5, 5.41) is 6.74. The molecule has 1 aromatic heterocycles. The van der Waals surface area contributed by atoms with E-state index in [0.717, 1.165) is 43.5 Å². The summed E-state index contributed by atoms with van der Waals surface area (Å²) in [4.78, 5) is 11.6. The second kappa shape index (κ2) is 10.2. The first kappa shape index (κ1) is 21.8. The second-order valence-corrected chi connectivity index (χ2v) is 9.21. The van der Waals surface area contributed by atoms with E-state index in [1.54, 1.807) is 0 Å². The van der Waals surface area contributed by atoms with Crippen LogP contribution in [0, 0.1) is 0 Å². The molecule has 6 nitrogen and oxygen atoms in total. The van der Waals surface area contributed by atoms with E-state index in [1.165, 1.54) is 0 Å². The van der Waals surface area contributed by atoms with Gasteiger partial charge in [-0.15, -0.1) is 0 Å². The Bertz CT molecular complexity index is 595. The first-order valence-electron chi connectivity index (χ1n) is 9.75. The van der Waals surface area contributed by atoms with Gasteiger partial charge in [0.25, 0.3) is 0 Å². The molecule has 0 radical (unpaired) electrons. The molecule has 0 aromatic carbocycles. The predicted octanol–water partition coefficient (Wildman–Crippen LogP) is 2.89. The molecule has 152 valence electrons. The number of thioether (sulfide) groups is 1. The first-order chi connectivity index (χ1) is 12.8. The number of ether oxygens (including phenoxy) is 1. The SMILES string of the molecule is CCNC(=NCc1ccc(N2CC(C)OC(C)C2)nc1)NCC(C)(C)SC. The lowest BCUT2D eigenvalue weighted by molar-refractivity contribution is -0.00545. The van der Waals surface area contributed by atoms with Crippen molar-refractivity contribution in [3.63, 3.8) is 0 Å². The van der Waals surface area contributed by atoms with E-state index >= 15 is 0 Å². The third-order valence-corrected chi connectivity index (χ3v) is 5.80. The van der Waals surface area contributed by atoms with Crippen molar-refractivity contribution in [1.29, 1.82) is 0 Å². The van der Waals surface area contributed by atoms with Gasteiger partial charge in [0.15, 0.2) is 5.96 Å². The zero-order chi connectivity index (χ0) is 19.9. The van der Waals surface area contributed by atoms with Gasteiger partial charge in [-0.1, -0.05) is 6.07 Å². The van der Waals surface area contributed by atoms with Crippen molar-refractivity contribution in [3.05, 3.63) is 23.9 Å². The fourth-order valence-corrected chi connectivity index (χ4v) is 3.16. The van der Waals surface area contributed by atoms with Crippen molar-refractivity contribution in [2.24, 2.45) is 4.99 Å². The van der Waals surface area contributed by atoms with E-state index in [-0.39, 0.29) is 17.0 Å². The van der Waals surface area contributed by atoms with Gasteiger partial charge in [-0.25, -0.2) is 9.98 Å². The van der Waals surface area contributed by atoms with Crippen molar-refractivity contribution in [2.75, 3.05) is 37.3 Å². The van der Waals surface area contributed by atoms with Crippen LogP contribution in [0.5, 0.6) is 0 Å². The molecule has 0 spiro atoms. The molecule has 2 heterocycles. The van der Waals surface area contributed by atoms with Crippen molar-refractivity contribution in [3.8, 4) is 0 Å². The standard InChI is InChI=1S/C20H35N5OS/c1-7-21-19(24-14-20(4,5)27-6)23-11-17-8-9-18(22-10-17)25-12-15(2)26-16(3)13-25/h8-10,15-16H,7,11-14H2,1-6H3,(H2,21,23,24). The molecular formula is C20H35N5OS. The summed E-state index contributed by atoms with van der Waals surface area (Å²) in [5.41, 5.74) is 1.11. The minimum Gasteiger partial charge on any atom is -0.372 e. The van der Waals surface area contributed by atoms with E-state index in [4.69, 9.17) is 9.73 Å². The molecule has 2 rings (SSSR count). The lowest BCUT2D eigenvalue weighted by Crippen LogP contribution is -2.45. The van der Waals surface area contributed by atoms with Gasteiger partial charge >= 0.3 is 0 Å². The number of nitrogens with zero attached hydrogens (tertiary/aromatic N) is 3. The summed E-state index contributed by atoms with van der Waals surface area (Å²) >= 11 is 1.85. The van der Waals surface area contributed by atoms with Crippen LogP contribution in [0.3, 0.4) is 0 Å². The maximum Gasteiger partial charge on any atom is 0.191 e. The normalized spacial score (nSPS) is 21.3. The van der Waals surface area contributed by atoms with Gasteiger partial charge < -0.3 is 20.3 Å². The summed E-state index contributed by atoms with van der Waals surface area (Å²) in [5.74, 6) is 1.86. The van der Waals surface area contributed by atoms with Crippen molar-refractivity contribution < 1.29 is 4.74 Å². The molecule has 1 aliphatic rings. The lowest BCUT2D eigenvalue weighted by atomic mass is 10.2. The Morgan fingerprint density at radius 3 is 2.56 bits per heavy atom. The van der Waals surface area contributed by atoms with Gasteiger partial charge in [-0.2, -0.15) is 11.8 Å². The quantitative estimate of drug-likeness (QED) is 0.549. The van der Waals surface area contributed by atoms with E-state index in [9.17, 15) is 0 Å². The summed E-state index contributed by atoms with van der Waals surface area (Å²) < 4.78 is 5.97. The molecule has 0 amide bonds. The maximum atomic E-state index is 5.80. The molecule has 2 atom stereocenters. The number of hydrogen-bond donors (Lipinski definition) is 2. The zero-order valence-electron chi connectivity index (χ0n) is 17.6. The van der Waals surface area contributed by atoms with Crippen molar-refractivity contribution in [2.45, 2.75) is 58.1 Å². The number of guanidine groups is 1. The number of nitrogens with one attached hydrogen (secondary N) is 2. The molecule has 1 aromatic rings. The molecule has 0 aliphatic carbocycles. The molecule has 7 heteroatoms. The zero-order valence-corrected chi connectivity index (χ0v) is 18.4. The van der Waals surface area contributed by atoms with Gasteiger partial charge in [0.2, 0.25) is 0 Å². The molecule has 0 bridgehead atoms. The fraction of sp³-hybridized carbons (Fsp3) is 0.700. The number of rotatable bonds is 7. The van der Waals surface area contributed by atoms with Crippen LogP contribution < -0.4 is 15.5 Å². The van der Waals surface area contributed by atoms with E-state index in [1.807, 2.05) is 18.0 Å². The van der Waals surface area contributed by atoms with Crippen LogP contribution in [-0.4, -0.2) is 60.3 Å². The van der Waals surface area contributed by atoms with Gasteiger partial charge in [-0.05, 0) is 52.5 Å². The van der Waals surface area contributed by atoms with Crippen LogP contribution in [0.1, 0.15) is 40.2 Å². The van der Waals surface area contributed by atoms with E-state index in [2.05, 4.69) is 73.5 Å². The highest BCUT2D eigenvalue weighted by Crippen LogP contribution is 2.20. The number of aliphatic imine (C=N–C) groups is 1. The molecule has 1 aliphatic heterocycles. The molecule has 2 unspecified atom stereocenters. The Balaban J connectivity index is 1.96. The van der Waals surface area contributed by atoms with Gasteiger partial charge in [0.05, 0.1) is 18.8 Å². The van der Waals surface area contributed by atoms with E-state index < -0.39 is 0 Å². The highest BCUT2D eigenvalue weighted by atomic mass is 32.2. The van der Waals surface area contributed by atoms with Crippen molar-refractivity contribution in [1.82, 2.24) is 15.6 Å². The smallest absolute Gasteiger partial charge is 0.191 e. The molecule has 1 saturated heterocycles. The summed E-state index contributed by atoms with van der Waals surface area (Å²) in [7, 11) is 0. The minimum absolute atomic E-state index is 0.172. The number of morpholine rings is 1. The average Bonchev–Trinajstić information content (AvgIpc) is 2.63. The Hall–Kier alpha value is -1.47. The van der Waals surface area contributed by atoms with Crippen LogP contribution in [0.25, 0.3) is 0 Å². The van der Waals surface area contributed by atoms with Gasteiger partial charge in [-0.3, -0.25) is 0 Å². The summed E-state index contributed by atoms with van der Waals surface area (Å²) in [6, 6.07) is 4.21. The largest absolute Gasteiger partial charge is 0.372 e. The second-order valence-electron chi connectivity index (χ2n) is 7.70. The Morgan fingerprint density at radius 2 is 2.00 bits per heavy atom. The monoisotopic (exact) mass is 393 g/mol. The number of anilines is 1. The first-order valence-corrected chi connectivity index (χ1v) is 11.0. The van der Waals surface area contributed by atoms with Crippen molar-refractivity contribution >= 4 is 23.5 Å². The highest BCUT2D eigenvalue weighted by Gasteiger charge is 2.23. The van der Waals surface area contributed by atoms with E-state index in [0.29, 0.717) is 6.54 Å². The molecule has 1 fully saturated rings. The summed E-state index contributed by atoms with van der Waals surface area (Å²) in [6.07, 6.45) is 4.53. The number of hydrogen-bond acceptors (Lipinski definition) is 5. The highest BCUT2D eigenvalue weighted by molar-refractivity contribution is 7.99. The third-order valence-electron chi connectivity index (χ3n) is 4.55. The number of pyridine rings is 1. The van der Waals surface area contributed by atoms with Crippen LogP contribution in [-0.2, 0) is 11.3 Å². The fourth-order valence-electron chi connectivity index (χ4n) is 2.94. The molecule has 27 heavy (non-hydrogen) atoms. The van der Waals surface area contributed by atoms with Crippen LogP contribution in [0.2, 0.25) is 0 Å². The molecule has 2 N–H and O–H groups in total. The summed E-state index contributed by atoms with van der Waals surface area (Å²) in [6.45, 7) is 14.8. The average molecular weight is 394 g/mol. The Morgan fingerprint density at radius 1 is 1.30 bits per heavy atom. The topological polar surface area (TPSA) is 61.8 Å². The minimum atomic E-state index is 0.172. The third kappa shape index (κ3) is 7.22. The Kier molecular flexibility index (Phi) is 8.23. The Labute approximate surface area is 168 Å². The van der Waals surface area contributed by atoms with Crippen LogP contribution >= 0.6 is 11.8 Å². The van der Waals surface area contributed by atoms with Gasteiger partial charge in [0, 0.05) is 37.1 Å².